The van der Waals surface area contributed by atoms with Crippen molar-refractivity contribution >= 4 is 21.7 Å². The first-order chi connectivity index (χ1) is 10.1. The zero-order valence-electron chi connectivity index (χ0n) is 13.3. The van der Waals surface area contributed by atoms with E-state index in [-0.39, 0.29) is 5.41 Å². The highest BCUT2D eigenvalue weighted by molar-refractivity contribution is 9.09. The second-order valence-electron chi connectivity index (χ2n) is 8.69. The van der Waals surface area contributed by atoms with E-state index in [1.807, 2.05) is 0 Å². The van der Waals surface area contributed by atoms with E-state index in [0.717, 1.165) is 41.9 Å². The van der Waals surface area contributed by atoms with Crippen molar-refractivity contribution in [2.24, 2.45) is 40.9 Å². The van der Waals surface area contributed by atoms with Crippen LogP contribution < -0.4 is 0 Å². The van der Waals surface area contributed by atoms with Gasteiger partial charge in [0, 0.05) is 17.2 Å². The van der Waals surface area contributed by atoms with Crippen LogP contribution in [0.5, 0.6) is 0 Å². The molecule has 0 bridgehead atoms. The minimum Gasteiger partial charge on any atom is -0.299 e. The number of fused-ring (bicyclic) bond motifs is 5. The van der Waals surface area contributed by atoms with Crippen LogP contribution in [-0.2, 0) is 4.79 Å². The molecule has 0 aromatic rings. The fourth-order valence-electron chi connectivity index (χ4n) is 6.86. The standard InChI is InChI=1S/C19H29BrO/c1-19-9-8-15-14-4-2-12(11-20)10-13(14)3-5-16(15)17(19)6-7-18(19)21/h12-17H,2-11H2,1H3. The van der Waals surface area contributed by atoms with Crippen molar-refractivity contribution < 1.29 is 4.79 Å². The third kappa shape index (κ3) is 2.18. The van der Waals surface area contributed by atoms with Gasteiger partial charge in [0.15, 0.2) is 0 Å². The Labute approximate surface area is 137 Å². The van der Waals surface area contributed by atoms with Crippen LogP contribution in [0.1, 0.15) is 64.7 Å². The van der Waals surface area contributed by atoms with Crippen LogP contribution in [0.25, 0.3) is 0 Å². The van der Waals surface area contributed by atoms with Crippen LogP contribution in [0.4, 0.5) is 0 Å². The van der Waals surface area contributed by atoms with Gasteiger partial charge < -0.3 is 0 Å². The maximum atomic E-state index is 12.4. The topological polar surface area (TPSA) is 17.1 Å². The SMILES string of the molecule is CC12CCC3C4CCC(CBr)CC4CCC3C1CCC2=O. The first-order valence-electron chi connectivity index (χ1n) is 9.22. The number of carbonyl (C=O) groups excluding carboxylic acids is 1. The Kier molecular flexibility index (Phi) is 3.75. The highest BCUT2D eigenvalue weighted by Crippen LogP contribution is 2.61. The Morgan fingerprint density at radius 1 is 1.05 bits per heavy atom. The second kappa shape index (κ2) is 5.35. The monoisotopic (exact) mass is 352 g/mol. The number of halogens is 1. The summed E-state index contributed by atoms with van der Waals surface area (Å²) in [6.07, 6.45) is 11.9. The summed E-state index contributed by atoms with van der Waals surface area (Å²) in [5.41, 5.74) is 0.0705. The lowest BCUT2D eigenvalue weighted by Crippen LogP contribution is -2.48. The van der Waals surface area contributed by atoms with E-state index in [9.17, 15) is 4.79 Å². The van der Waals surface area contributed by atoms with Gasteiger partial charge in [0.2, 0.25) is 0 Å². The minimum absolute atomic E-state index is 0.0705. The number of alkyl halides is 1. The van der Waals surface area contributed by atoms with Crippen molar-refractivity contribution in [2.45, 2.75) is 64.7 Å². The molecular weight excluding hydrogens is 324 g/mol. The van der Waals surface area contributed by atoms with E-state index >= 15 is 0 Å². The minimum atomic E-state index is 0.0705. The summed E-state index contributed by atoms with van der Waals surface area (Å²) >= 11 is 3.71. The zero-order valence-corrected chi connectivity index (χ0v) is 14.9. The predicted molar refractivity (Wildman–Crippen MR) is 89.4 cm³/mol. The normalized spacial score (nSPS) is 53.0. The molecular formula is C19H29BrO. The van der Waals surface area contributed by atoms with Gasteiger partial charge in [0.1, 0.15) is 5.78 Å². The number of hydrogen-bond acceptors (Lipinski definition) is 1. The number of ketones is 1. The molecule has 21 heavy (non-hydrogen) atoms. The van der Waals surface area contributed by atoms with Crippen molar-refractivity contribution in [2.75, 3.05) is 5.33 Å². The Hall–Kier alpha value is 0.150. The van der Waals surface area contributed by atoms with Crippen molar-refractivity contribution in [1.82, 2.24) is 0 Å². The molecule has 0 saturated heterocycles. The second-order valence-corrected chi connectivity index (χ2v) is 9.33. The van der Waals surface area contributed by atoms with Gasteiger partial charge in [-0.2, -0.15) is 0 Å². The molecule has 4 rings (SSSR count). The first-order valence-corrected chi connectivity index (χ1v) is 10.3. The van der Waals surface area contributed by atoms with E-state index < -0.39 is 0 Å². The van der Waals surface area contributed by atoms with Crippen LogP contribution in [-0.4, -0.2) is 11.1 Å². The van der Waals surface area contributed by atoms with Crippen LogP contribution in [0.2, 0.25) is 0 Å². The van der Waals surface area contributed by atoms with E-state index in [1.54, 1.807) is 0 Å². The molecule has 4 saturated carbocycles. The molecule has 0 amide bonds. The molecule has 7 atom stereocenters. The van der Waals surface area contributed by atoms with Crippen LogP contribution in [0, 0.1) is 40.9 Å². The van der Waals surface area contributed by atoms with Gasteiger partial charge in [-0.1, -0.05) is 22.9 Å². The molecule has 0 radical (unpaired) electrons. The lowest BCUT2D eigenvalue weighted by molar-refractivity contribution is -0.133. The summed E-state index contributed by atoms with van der Waals surface area (Å²) in [5.74, 6) is 6.11. The molecule has 7 unspecified atom stereocenters. The molecule has 0 aromatic heterocycles. The third-order valence-electron chi connectivity index (χ3n) is 7.99. The largest absolute Gasteiger partial charge is 0.299 e. The van der Waals surface area contributed by atoms with Crippen molar-refractivity contribution in [3.63, 3.8) is 0 Å². The fourth-order valence-corrected chi connectivity index (χ4v) is 7.45. The maximum absolute atomic E-state index is 12.4. The summed E-state index contributed by atoms with van der Waals surface area (Å²) in [5, 5.41) is 1.21. The third-order valence-corrected chi connectivity index (χ3v) is 8.91. The first kappa shape index (κ1) is 14.7. The van der Waals surface area contributed by atoms with E-state index in [2.05, 4.69) is 22.9 Å². The Bertz CT molecular complexity index is 433. The van der Waals surface area contributed by atoms with Crippen molar-refractivity contribution in [3.05, 3.63) is 0 Å². The van der Waals surface area contributed by atoms with Crippen molar-refractivity contribution in [1.29, 1.82) is 0 Å². The van der Waals surface area contributed by atoms with E-state index in [4.69, 9.17) is 0 Å². The highest BCUT2D eigenvalue weighted by atomic mass is 79.9. The summed E-state index contributed by atoms with van der Waals surface area (Å²) in [6, 6.07) is 0. The maximum Gasteiger partial charge on any atom is 0.139 e. The van der Waals surface area contributed by atoms with Gasteiger partial charge >= 0.3 is 0 Å². The van der Waals surface area contributed by atoms with Crippen LogP contribution >= 0.6 is 15.9 Å². The number of carbonyl (C=O) groups is 1. The molecule has 0 aliphatic heterocycles. The lowest BCUT2D eigenvalue weighted by Gasteiger charge is -2.54. The molecule has 1 nitrogen and oxygen atoms in total. The van der Waals surface area contributed by atoms with Gasteiger partial charge in [-0.15, -0.1) is 0 Å². The molecule has 0 N–H and O–H groups in total. The molecule has 0 spiro atoms. The number of hydrogen-bond donors (Lipinski definition) is 0. The predicted octanol–water partition coefficient (Wildman–Crippen LogP) is 5.22. The summed E-state index contributed by atoms with van der Waals surface area (Å²) in [7, 11) is 0. The zero-order chi connectivity index (χ0) is 14.6. The summed E-state index contributed by atoms with van der Waals surface area (Å²) in [6.45, 7) is 2.30. The fraction of sp³-hybridized carbons (Fsp3) is 0.947. The van der Waals surface area contributed by atoms with Gasteiger partial charge in [-0.25, -0.2) is 0 Å². The van der Waals surface area contributed by atoms with Gasteiger partial charge in [0.05, 0.1) is 0 Å². The Morgan fingerprint density at radius 3 is 2.67 bits per heavy atom. The molecule has 118 valence electrons. The van der Waals surface area contributed by atoms with Crippen molar-refractivity contribution in [3.8, 4) is 0 Å². The van der Waals surface area contributed by atoms with Gasteiger partial charge in [-0.3, -0.25) is 4.79 Å². The molecule has 4 aliphatic rings. The smallest absolute Gasteiger partial charge is 0.139 e. The summed E-state index contributed by atoms with van der Waals surface area (Å²) in [4.78, 5) is 12.4. The molecule has 2 heteroatoms. The molecule has 4 aliphatic carbocycles. The Balaban J connectivity index is 1.54. The van der Waals surface area contributed by atoms with E-state index in [0.29, 0.717) is 5.78 Å². The lowest BCUT2D eigenvalue weighted by atomic mass is 9.50. The molecule has 0 heterocycles. The molecule has 4 fully saturated rings. The van der Waals surface area contributed by atoms with Gasteiger partial charge in [-0.05, 0) is 86.9 Å². The Morgan fingerprint density at radius 2 is 1.86 bits per heavy atom. The number of rotatable bonds is 1. The highest BCUT2D eigenvalue weighted by Gasteiger charge is 2.56. The number of Topliss-reactive ketones (excluding diaryl/α,β-unsaturated/α-hetero) is 1. The average molecular weight is 353 g/mol. The van der Waals surface area contributed by atoms with E-state index in [1.165, 1.54) is 56.7 Å². The van der Waals surface area contributed by atoms with Crippen LogP contribution in [0.3, 0.4) is 0 Å². The summed E-state index contributed by atoms with van der Waals surface area (Å²) < 4.78 is 0. The average Bonchev–Trinajstić information content (AvgIpc) is 2.82. The van der Waals surface area contributed by atoms with Crippen LogP contribution in [0.15, 0.2) is 0 Å². The van der Waals surface area contributed by atoms with Gasteiger partial charge in [0.25, 0.3) is 0 Å². The quantitative estimate of drug-likeness (QED) is 0.591. The molecule has 0 aromatic carbocycles.